The van der Waals surface area contributed by atoms with Crippen molar-refractivity contribution in [3.63, 3.8) is 0 Å². The van der Waals surface area contributed by atoms with E-state index in [4.69, 9.17) is 15.1 Å². The van der Waals surface area contributed by atoms with E-state index in [0.717, 1.165) is 0 Å². The van der Waals surface area contributed by atoms with Crippen molar-refractivity contribution in [2.75, 3.05) is 19.8 Å². The fourth-order valence-corrected chi connectivity index (χ4v) is 1.95. The smallest absolute Gasteiger partial charge is 0.317 e. The van der Waals surface area contributed by atoms with Gasteiger partial charge in [0.2, 0.25) is 0 Å². The summed E-state index contributed by atoms with van der Waals surface area (Å²) in [6, 6.07) is 1.06. The maximum absolute atomic E-state index is 12.1. The molecule has 19 heavy (non-hydrogen) atoms. The summed E-state index contributed by atoms with van der Waals surface area (Å²) >= 11 is 0. The lowest BCUT2D eigenvalue weighted by molar-refractivity contribution is -0.142. The van der Waals surface area contributed by atoms with Gasteiger partial charge in [0.25, 0.3) is 0 Å². The Morgan fingerprint density at radius 2 is 2.21 bits per heavy atom. The molecule has 0 aromatic rings. The summed E-state index contributed by atoms with van der Waals surface area (Å²) in [5.74, 6) is -1.69. The first-order valence-corrected chi connectivity index (χ1v) is 6.22. The van der Waals surface area contributed by atoms with Gasteiger partial charge in [-0.15, -0.1) is 0 Å². The molecule has 2 N–H and O–H groups in total. The van der Waals surface area contributed by atoms with Crippen LogP contribution in [-0.2, 0) is 9.53 Å². The highest BCUT2D eigenvalue weighted by atomic mass is 16.5. The van der Waals surface area contributed by atoms with Gasteiger partial charge in [0, 0.05) is 12.6 Å². The molecule has 7 heteroatoms. The second-order valence-corrected chi connectivity index (χ2v) is 4.73. The lowest BCUT2D eigenvalue weighted by Gasteiger charge is -2.28. The summed E-state index contributed by atoms with van der Waals surface area (Å²) in [7, 11) is 0. The van der Waals surface area contributed by atoms with Crippen LogP contribution >= 0.6 is 0 Å². The van der Waals surface area contributed by atoms with Gasteiger partial charge in [-0.1, -0.05) is 0 Å². The van der Waals surface area contributed by atoms with Gasteiger partial charge in [-0.3, -0.25) is 4.79 Å². The number of nitrogens with zero attached hydrogens (tertiary/aromatic N) is 2. The summed E-state index contributed by atoms with van der Waals surface area (Å²) in [5, 5.41) is 20.2. The number of aliphatic carboxylic acids is 1. The Morgan fingerprint density at radius 1 is 1.53 bits per heavy atom. The molecule has 0 saturated carbocycles. The lowest BCUT2D eigenvalue weighted by atomic mass is 10.0. The molecule has 1 aliphatic rings. The quantitative estimate of drug-likeness (QED) is 0.753. The number of amides is 2. The second-order valence-electron chi connectivity index (χ2n) is 4.73. The highest BCUT2D eigenvalue weighted by Crippen LogP contribution is 2.14. The molecule has 0 aromatic carbocycles. The Kier molecular flexibility index (Phi) is 5.57. The van der Waals surface area contributed by atoms with Gasteiger partial charge in [-0.2, -0.15) is 5.26 Å². The molecule has 2 unspecified atom stereocenters. The zero-order valence-corrected chi connectivity index (χ0v) is 11.1. The van der Waals surface area contributed by atoms with Gasteiger partial charge in [0.15, 0.2) is 0 Å². The Morgan fingerprint density at radius 3 is 2.74 bits per heavy atom. The molecule has 0 bridgehead atoms. The zero-order valence-electron chi connectivity index (χ0n) is 11.1. The molecule has 1 aliphatic heterocycles. The number of nitriles is 1. The molecule has 0 spiro atoms. The summed E-state index contributed by atoms with van der Waals surface area (Å²) in [6.45, 7) is 4.33. The zero-order chi connectivity index (χ0) is 14.4. The molecule has 0 aliphatic carbocycles. The lowest BCUT2D eigenvalue weighted by Crippen LogP contribution is -2.51. The number of ether oxygens (including phenoxy) is 1. The van der Waals surface area contributed by atoms with Crippen molar-refractivity contribution in [1.29, 1.82) is 5.26 Å². The fraction of sp³-hybridized carbons (Fsp3) is 0.750. The van der Waals surface area contributed by atoms with E-state index in [0.29, 0.717) is 6.54 Å². The molecule has 1 fully saturated rings. The molecule has 2 atom stereocenters. The minimum atomic E-state index is -0.976. The van der Waals surface area contributed by atoms with Crippen molar-refractivity contribution in [2.24, 2.45) is 5.92 Å². The van der Waals surface area contributed by atoms with Crippen LogP contribution in [0, 0.1) is 17.2 Å². The van der Waals surface area contributed by atoms with Crippen LogP contribution in [0.4, 0.5) is 4.79 Å². The van der Waals surface area contributed by atoms with E-state index in [2.05, 4.69) is 5.32 Å². The summed E-state index contributed by atoms with van der Waals surface area (Å²) in [6.07, 6.45) is 0.245. The topological polar surface area (TPSA) is 103 Å². The average molecular weight is 269 g/mol. The average Bonchev–Trinajstić information content (AvgIpc) is 2.77. The number of rotatable bonds is 5. The molecular formula is C12H19N3O4. The van der Waals surface area contributed by atoms with Crippen molar-refractivity contribution in [1.82, 2.24) is 10.2 Å². The summed E-state index contributed by atoms with van der Waals surface area (Å²) in [5.41, 5.74) is 0. The van der Waals surface area contributed by atoms with Crippen molar-refractivity contribution in [3.8, 4) is 6.07 Å². The predicted molar refractivity (Wildman–Crippen MR) is 66.3 cm³/mol. The van der Waals surface area contributed by atoms with Crippen molar-refractivity contribution < 1.29 is 19.4 Å². The third kappa shape index (κ3) is 4.10. The van der Waals surface area contributed by atoms with Gasteiger partial charge in [-0.05, 0) is 13.8 Å². The Balaban J connectivity index is 2.61. The van der Waals surface area contributed by atoms with E-state index in [9.17, 15) is 9.59 Å². The molecule has 1 saturated heterocycles. The van der Waals surface area contributed by atoms with Crippen LogP contribution in [0.5, 0.6) is 0 Å². The number of hydrogen-bond acceptors (Lipinski definition) is 4. The number of carbonyl (C=O) groups excluding carboxylic acids is 1. The first kappa shape index (κ1) is 15.2. The fourth-order valence-electron chi connectivity index (χ4n) is 1.95. The number of carboxylic acid groups (broad SMARTS) is 1. The summed E-state index contributed by atoms with van der Waals surface area (Å²) < 4.78 is 5.09. The molecule has 2 amide bonds. The van der Waals surface area contributed by atoms with Crippen LogP contribution in [0.1, 0.15) is 20.3 Å². The van der Waals surface area contributed by atoms with Crippen LogP contribution in [-0.4, -0.2) is 53.8 Å². The number of carboxylic acids is 1. The molecule has 0 radical (unpaired) electrons. The molecule has 106 valence electrons. The van der Waals surface area contributed by atoms with Crippen molar-refractivity contribution in [3.05, 3.63) is 0 Å². The van der Waals surface area contributed by atoms with Gasteiger partial charge in [0.1, 0.15) is 5.92 Å². The van der Waals surface area contributed by atoms with Crippen LogP contribution in [0.2, 0.25) is 0 Å². The minimum absolute atomic E-state index is 0.0565. The maximum atomic E-state index is 12.1. The predicted octanol–water partition coefficient (Wildman–Crippen LogP) is 0.420. The number of nitrogens with one attached hydrogen (secondary N) is 1. The van der Waals surface area contributed by atoms with Crippen LogP contribution in [0.15, 0.2) is 0 Å². The third-order valence-corrected chi connectivity index (χ3v) is 3.06. The molecule has 7 nitrogen and oxygen atoms in total. The standard InChI is InChI=1S/C12H19N3O4/c1-8(2)15(5-3-4-13)12(18)14-10-7-19-6-9(10)11(16)17/h8-10H,3,5-7H2,1-2H3,(H,14,18)(H,16,17). The number of hydrogen-bond donors (Lipinski definition) is 2. The van der Waals surface area contributed by atoms with E-state index < -0.39 is 17.9 Å². The maximum Gasteiger partial charge on any atom is 0.317 e. The van der Waals surface area contributed by atoms with E-state index in [1.54, 1.807) is 0 Å². The Hall–Kier alpha value is -1.81. The van der Waals surface area contributed by atoms with Gasteiger partial charge >= 0.3 is 12.0 Å². The van der Waals surface area contributed by atoms with E-state index in [1.807, 2.05) is 19.9 Å². The Labute approximate surface area is 112 Å². The number of urea groups is 1. The third-order valence-electron chi connectivity index (χ3n) is 3.06. The van der Waals surface area contributed by atoms with E-state index >= 15 is 0 Å². The SMILES string of the molecule is CC(C)N(CCC#N)C(=O)NC1COCC1C(=O)O. The molecule has 1 rings (SSSR count). The first-order chi connectivity index (χ1) is 8.97. The summed E-state index contributed by atoms with van der Waals surface area (Å²) in [4.78, 5) is 24.6. The largest absolute Gasteiger partial charge is 0.481 e. The second kappa shape index (κ2) is 6.95. The monoisotopic (exact) mass is 269 g/mol. The number of carbonyl (C=O) groups is 2. The molecule has 0 aromatic heterocycles. The van der Waals surface area contributed by atoms with Crippen molar-refractivity contribution >= 4 is 12.0 Å². The Bertz CT molecular complexity index is 378. The molecule has 1 heterocycles. The van der Waals surface area contributed by atoms with Gasteiger partial charge in [0.05, 0.1) is 31.7 Å². The van der Waals surface area contributed by atoms with Crippen LogP contribution in [0.3, 0.4) is 0 Å². The first-order valence-electron chi connectivity index (χ1n) is 6.22. The van der Waals surface area contributed by atoms with Crippen LogP contribution < -0.4 is 5.32 Å². The highest BCUT2D eigenvalue weighted by molar-refractivity contribution is 5.77. The minimum Gasteiger partial charge on any atom is -0.481 e. The van der Waals surface area contributed by atoms with Gasteiger partial charge in [-0.25, -0.2) is 4.79 Å². The van der Waals surface area contributed by atoms with Crippen molar-refractivity contribution in [2.45, 2.75) is 32.4 Å². The normalized spacial score (nSPS) is 22.0. The molecular weight excluding hydrogens is 250 g/mol. The van der Waals surface area contributed by atoms with Crippen LogP contribution in [0.25, 0.3) is 0 Å². The highest BCUT2D eigenvalue weighted by Gasteiger charge is 2.36. The van der Waals surface area contributed by atoms with Gasteiger partial charge < -0.3 is 20.1 Å². The van der Waals surface area contributed by atoms with E-state index in [-0.39, 0.29) is 31.7 Å². The van der Waals surface area contributed by atoms with E-state index in [1.165, 1.54) is 4.90 Å².